The molecule has 44 heavy (non-hydrogen) atoms. The lowest BCUT2D eigenvalue weighted by Crippen LogP contribution is -2.30. The van der Waals surface area contributed by atoms with Gasteiger partial charge in [0.1, 0.15) is 12.4 Å². The average molecular weight is 605 g/mol. The second kappa shape index (κ2) is 12.4. The molecule has 2 heterocycles. The van der Waals surface area contributed by atoms with E-state index in [0.29, 0.717) is 40.1 Å². The van der Waals surface area contributed by atoms with Crippen LogP contribution >= 0.6 is 11.3 Å². The van der Waals surface area contributed by atoms with Crippen molar-refractivity contribution in [1.29, 1.82) is 0 Å². The zero-order valence-corrected chi connectivity index (χ0v) is 24.8. The number of allylic oxidation sites excluding steroid dienone is 1. The molecule has 0 fully saturated rings. The fraction of sp³-hybridized carbons (Fsp3) is 0.114. The van der Waals surface area contributed by atoms with Gasteiger partial charge in [0.05, 0.1) is 36.1 Å². The molecule has 0 radical (unpaired) electrons. The van der Waals surface area contributed by atoms with E-state index in [2.05, 4.69) is 4.98 Å². The Labute approximate surface area is 258 Å². The lowest BCUT2D eigenvalue weighted by molar-refractivity contribution is -0.117. The second-order valence-corrected chi connectivity index (χ2v) is 11.0. The quantitative estimate of drug-likeness (QED) is 0.170. The molecule has 4 aromatic carbocycles. The first-order valence-electron chi connectivity index (χ1n) is 13.8. The molecule has 0 saturated heterocycles. The van der Waals surface area contributed by atoms with Gasteiger partial charge in [-0.2, -0.15) is 0 Å². The van der Waals surface area contributed by atoms with Crippen LogP contribution in [0.15, 0.2) is 114 Å². The minimum Gasteiger partial charge on any atom is -0.503 e. The van der Waals surface area contributed by atoms with E-state index >= 15 is 0 Å². The Morgan fingerprint density at radius 2 is 1.68 bits per heavy atom. The fourth-order valence-corrected chi connectivity index (χ4v) is 6.05. The van der Waals surface area contributed by atoms with Gasteiger partial charge in [0.15, 0.2) is 28.2 Å². The molecule has 1 aliphatic heterocycles. The summed E-state index contributed by atoms with van der Waals surface area (Å²) in [6.45, 7) is 0.328. The van der Waals surface area contributed by atoms with Crippen molar-refractivity contribution in [3.05, 3.63) is 131 Å². The number of carbonyl (C=O) groups excluding carboxylic acids is 2. The summed E-state index contributed by atoms with van der Waals surface area (Å²) < 4.78 is 17.9. The number of ketones is 1. The zero-order valence-electron chi connectivity index (χ0n) is 24.0. The lowest BCUT2D eigenvalue weighted by Gasteiger charge is -2.25. The molecule has 0 saturated carbocycles. The molecule has 1 atom stereocenters. The number of amides is 1. The van der Waals surface area contributed by atoms with Crippen LogP contribution in [0.3, 0.4) is 0 Å². The maximum atomic E-state index is 13.7. The largest absolute Gasteiger partial charge is 0.503 e. The minimum atomic E-state index is -0.977. The molecule has 1 amide bonds. The highest BCUT2D eigenvalue weighted by molar-refractivity contribution is 7.22. The van der Waals surface area contributed by atoms with E-state index in [1.807, 2.05) is 66.7 Å². The molecule has 220 valence electrons. The van der Waals surface area contributed by atoms with Crippen molar-refractivity contribution in [1.82, 2.24) is 4.98 Å². The molecular weight excluding hydrogens is 576 g/mol. The third-order valence-corrected chi connectivity index (χ3v) is 8.25. The van der Waals surface area contributed by atoms with Crippen LogP contribution in [-0.2, 0) is 16.2 Å². The summed E-state index contributed by atoms with van der Waals surface area (Å²) in [6, 6.07) is 28.7. The van der Waals surface area contributed by atoms with Gasteiger partial charge in [-0.3, -0.25) is 14.5 Å². The van der Waals surface area contributed by atoms with Gasteiger partial charge in [0, 0.05) is 0 Å². The number of aromatic nitrogens is 1. The Kier molecular flexibility index (Phi) is 8.12. The van der Waals surface area contributed by atoms with Crippen LogP contribution < -0.4 is 19.1 Å². The number of benzene rings is 4. The van der Waals surface area contributed by atoms with E-state index < -0.39 is 23.5 Å². The van der Waals surface area contributed by atoms with Crippen molar-refractivity contribution in [3.63, 3.8) is 0 Å². The monoisotopic (exact) mass is 604 g/mol. The van der Waals surface area contributed by atoms with Gasteiger partial charge in [0.25, 0.3) is 5.91 Å². The van der Waals surface area contributed by atoms with E-state index in [0.717, 1.165) is 15.8 Å². The van der Waals surface area contributed by atoms with Gasteiger partial charge in [0.2, 0.25) is 0 Å². The molecule has 9 heteroatoms. The first-order valence-corrected chi connectivity index (χ1v) is 14.6. The first-order chi connectivity index (χ1) is 21.5. The topological polar surface area (TPSA) is 98.2 Å². The van der Waals surface area contributed by atoms with Crippen molar-refractivity contribution in [2.45, 2.75) is 12.6 Å². The summed E-state index contributed by atoms with van der Waals surface area (Å²) in [5.74, 6) is -0.293. The van der Waals surface area contributed by atoms with Crippen molar-refractivity contribution >= 4 is 44.5 Å². The molecule has 0 spiro atoms. The summed E-state index contributed by atoms with van der Waals surface area (Å²) >= 11 is 1.26. The number of aliphatic hydroxyl groups is 1. The highest BCUT2D eigenvalue weighted by Crippen LogP contribution is 2.45. The Bertz CT molecular complexity index is 1900. The number of hydrogen-bond acceptors (Lipinski definition) is 8. The van der Waals surface area contributed by atoms with Crippen molar-refractivity contribution in [2.75, 3.05) is 19.1 Å². The highest BCUT2D eigenvalue weighted by Gasteiger charge is 2.45. The molecule has 6 rings (SSSR count). The average Bonchev–Trinajstić information content (AvgIpc) is 3.60. The van der Waals surface area contributed by atoms with Gasteiger partial charge in [-0.1, -0.05) is 84.1 Å². The number of carbonyl (C=O) groups is 2. The Morgan fingerprint density at radius 1 is 0.932 bits per heavy atom. The fourth-order valence-electron chi connectivity index (χ4n) is 5.03. The number of thiazole rings is 1. The first kappa shape index (κ1) is 28.7. The predicted molar refractivity (Wildman–Crippen MR) is 170 cm³/mol. The van der Waals surface area contributed by atoms with Crippen molar-refractivity contribution < 1.29 is 28.9 Å². The number of anilines is 1. The molecule has 1 unspecified atom stereocenters. The van der Waals surface area contributed by atoms with Crippen molar-refractivity contribution in [3.8, 4) is 17.2 Å². The number of rotatable bonds is 10. The third-order valence-electron chi connectivity index (χ3n) is 7.23. The van der Waals surface area contributed by atoms with Crippen LogP contribution in [0, 0.1) is 0 Å². The Hall–Kier alpha value is -5.41. The summed E-state index contributed by atoms with van der Waals surface area (Å²) in [6.07, 6.45) is 3.01. The zero-order chi connectivity index (χ0) is 30.6. The standard InChI is InChI=1S/C35H28N2O6S/c1-41-25-15-16-26-30(20-25)44-35(36-26)37-32(31(33(39)34(37)40)27(38)17-13-22-9-5-3-6-10-22)24-14-18-28(29(19-24)42-2)43-21-23-11-7-4-8-12-23/h3-20,32,39H,21H2,1-2H3. The third kappa shape index (κ3) is 5.65. The van der Waals surface area contributed by atoms with Crippen LogP contribution in [0.5, 0.6) is 17.2 Å². The van der Waals surface area contributed by atoms with Gasteiger partial charge < -0.3 is 19.3 Å². The molecule has 0 bridgehead atoms. The predicted octanol–water partition coefficient (Wildman–Crippen LogP) is 7.08. The molecule has 0 aliphatic carbocycles. The van der Waals surface area contributed by atoms with E-state index in [1.165, 1.54) is 29.4 Å². The molecule has 1 aliphatic rings. The van der Waals surface area contributed by atoms with Gasteiger partial charge in [-0.25, -0.2) is 4.98 Å². The summed E-state index contributed by atoms with van der Waals surface area (Å²) in [5.41, 5.74) is 2.94. The number of methoxy groups -OCH3 is 2. The number of fused-ring (bicyclic) bond motifs is 1. The molecule has 1 N–H and O–H groups in total. The Morgan fingerprint density at radius 3 is 2.41 bits per heavy atom. The van der Waals surface area contributed by atoms with E-state index in [1.54, 1.807) is 43.5 Å². The number of ether oxygens (including phenoxy) is 3. The second-order valence-electron chi connectivity index (χ2n) is 9.96. The summed E-state index contributed by atoms with van der Waals surface area (Å²) in [7, 11) is 3.10. The van der Waals surface area contributed by atoms with E-state index in [9.17, 15) is 14.7 Å². The lowest BCUT2D eigenvalue weighted by atomic mass is 9.95. The SMILES string of the molecule is COc1ccc2nc(N3C(=O)C(O)=C(C(=O)C=Cc4ccccc4)C3c3ccc(OCc4ccccc4)c(OC)c3)sc2c1. The molecule has 5 aromatic rings. The molecule has 8 nitrogen and oxygen atoms in total. The van der Waals surface area contributed by atoms with Crippen LogP contribution in [0.2, 0.25) is 0 Å². The Balaban J connectivity index is 1.41. The molecule has 1 aromatic heterocycles. The molecular formula is C35H28N2O6S. The number of aliphatic hydroxyl groups excluding tert-OH is 1. The van der Waals surface area contributed by atoms with Crippen molar-refractivity contribution in [2.24, 2.45) is 0 Å². The van der Waals surface area contributed by atoms with Gasteiger partial charge in [-0.15, -0.1) is 0 Å². The number of hydrogen-bond donors (Lipinski definition) is 1. The van der Waals surface area contributed by atoms with Crippen LogP contribution in [0.1, 0.15) is 22.7 Å². The maximum absolute atomic E-state index is 13.7. The highest BCUT2D eigenvalue weighted by atomic mass is 32.1. The van der Waals surface area contributed by atoms with Crippen LogP contribution in [0.25, 0.3) is 16.3 Å². The minimum absolute atomic E-state index is 0.0565. The van der Waals surface area contributed by atoms with Gasteiger partial charge in [-0.05, 0) is 53.1 Å². The smallest absolute Gasteiger partial charge is 0.296 e. The summed E-state index contributed by atoms with van der Waals surface area (Å²) in [5, 5.41) is 11.5. The number of nitrogens with zero attached hydrogens (tertiary/aromatic N) is 2. The van der Waals surface area contributed by atoms with E-state index in [-0.39, 0.29) is 5.57 Å². The summed E-state index contributed by atoms with van der Waals surface area (Å²) in [4.78, 5) is 33.4. The normalized spacial score (nSPS) is 14.9. The van der Waals surface area contributed by atoms with Crippen LogP contribution in [0.4, 0.5) is 5.13 Å². The van der Waals surface area contributed by atoms with Gasteiger partial charge >= 0.3 is 0 Å². The van der Waals surface area contributed by atoms with E-state index in [4.69, 9.17) is 14.2 Å². The van der Waals surface area contributed by atoms with Crippen LogP contribution in [-0.4, -0.2) is 36.0 Å². The maximum Gasteiger partial charge on any atom is 0.296 e.